The van der Waals surface area contributed by atoms with Gasteiger partial charge in [-0.3, -0.25) is 4.79 Å². The summed E-state index contributed by atoms with van der Waals surface area (Å²) >= 11 is 3.39. The van der Waals surface area contributed by atoms with E-state index in [1.54, 1.807) is 7.11 Å². The SMILES string of the molecule is CCOC(=O)CCCCCOc1ccc(Br)cc1OC. The lowest BCUT2D eigenvalue weighted by molar-refractivity contribution is -0.143. The molecule has 20 heavy (non-hydrogen) atoms. The molecule has 0 saturated carbocycles. The van der Waals surface area contributed by atoms with Crippen molar-refractivity contribution in [1.29, 1.82) is 0 Å². The summed E-state index contributed by atoms with van der Waals surface area (Å²) in [5.41, 5.74) is 0. The Kier molecular flexibility index (Phi) is 8.11. The molecule has 0 unspecified atom stereocenters. The van der Waals surface area contributed by atoms with Crippen molar-refractivity contribution in [2.45, 2.75) is 32.6 Å². The van der Waals surface area contributed by atoms with Gasteiger partial charge in [0.1, 0.15) is 0 Å². The highest BCUT2D eigenvalue weighted by atomic mass is 79.9. The summed E-state index contributed by atoms with van der Waals surface area (Å²) in [6, 6.07) is 5.66. The minimum absolute atomic E-state index is 0.122. The van der Waals surface area contributed by atoms with Gasteiger partial charge in [0.2, 0.25) is 0 Å². The van der Waals surface area contributed by atoms with Crippen LogP contribution in [-0.2, 0) is 9.53 Å². The highest BCUT2D eigenvalue weighted by molar-refractivity contribution is 9.10. The molecule has 0 amide bonds. The number of carbonyl (C=O) groups is 1. The summed E-state index contributed by atoms with van der Waals surface area (Å²) in [6.45, 7) is 2.88. The molecule has 0 spiro atoms. The zero-order valence-electron chi connectivity index (χ0n) is 12.0. The molecule has 0 aromatic heterocycles. The van der Waals surface area contributed by atoms with Gasteiger partial charge >= 0.3 is 5.97 Å². The van der Waals surface area contributed by atoms with E-state index in [4.69, 9.17) is 14.2 Å². The van der Waals surface area contributed by atoms with E-state index < -0.39 is 0 Å². The first kappa shape index (κ1) is 16.8. The van der Waals surface area contributed by atoms with Gasteiger partial charge in [0.25, 0.3) is 0 Å². The van der Waals surface area contributed by atoms with Gasteiger partial charge in [0.05, 0.1) is 20.3 Å². The fourth-order valence-corrected chi connectivity index (χ4v) is 2.06. The predicted molar refractivity (Wildman–Crippen MR) is 81.3 cm³/mol. The van der Waals surface area contributed by atoms with Gasteiger partial charge < -0.3 is 14.2 Å². The van der Waals surface area contributed by atoms with Gasteiger partial charge in [0, 0.05) is 10.9 Å². The van der Waals surface area contributed by atoms with Crippen LogP contribution in [0.25, 0.3) is 0 Å². The Morgan fingerprint density at radius 1 is 1.20 bits per heavy atom. The molecule has 0 radical (unpaired) electrons. The highest BCUT2D eigenvalue weighted by Crippen LogP contribution is 2.30. The zero-order valence-corrected chi connectivity index (χ0v) is 13.6. The number of carbonyl (C=O) groups excluding carboxylic acids is 1. The molecule has 1 rings (SSSR count). The van der Waals surface area contributed by atoms with Crippen molar-refractivity contribution in [3.63, 3.8) is 0 Å². The fraction of sp³-hybridized carbons (Fsp3) is 0.533. The summed E-state index contributed by atoms with van der Waals surface area (Å²) in [4.78, 5) is 11.1. The number of unbranched alkanes of at least 4 members (excludes halogenated alkanes) is 2. The molecule has 0 fully saturated rings. The minimum Gasteiger partial charge on any atom is -0.493 e. The summed E-state index contributed by atoms with van der Waals surface area (Å²) in [5.74, 6) is 1.33. The van der Waals surface area contributed by atoms with Crippen LogP contribution in [0.4, 0.5) is 0 Å². The van der Waals surface area contributed by atoms with E-state index in [9.17, 15) is 4.79 Å². The van der Waals surface area contributed by atoms with Crippen molar-refractivity contribution in [3.8, 4) is 11.5 Å². The first-order valence-corrected chi connectivity index (χ1v) is 7.58. The third-order valence-electron chi connectivity index (χ3n) is 2.71. The number of halogens is 1. The van der Waals surface area contributed by atoms with E-state index in [0.29, 0.717) is 25.4 Å². The van der Waals surface area contributed by atoms with Crippen molar-refractivity contribution in [3.05, 3.63) is 22.7 Å². The quantitative estimate of drug-likeness (QED) is 0.502. The van der Waals surface area contributed by atoms with Crippen LogP contribution < -0.4 is 9.47 Å². The molecule has 0 aliphatic carbocycles. The van der Waals surface area contributed by atoms with Crippen molar-refractivity contribution < 1.29 is 19.0 Å². The predicted octanol–water partition coefficient (Wildman–Crippen LogP) is 3.96. The Morgan fingerprint density at radius 2 is 2.00 bits per heavy atom. The molecule has 1 aromatic rings. The number of ether oxygens (including phenoxy) is 3. The maximum Gasteiger partial charge on any atom is 0.305 e. The maximum absolute atomic E-state index is 11.1. The molecule has 112 valence electrons. The van der Waals surface area contributed by atoms with E-state index in [1.165, 1.54) is 0 Å². The van der Waals surface area contributed by atoms with Crippen molar-refractivity contribution in [1.82, 2.24) is 0 Å². The van der Waals surface area contributed by atoms with Crippen LogP contribution in [-0.4, -0.2) is 26.3 Å². The third-order valence-corrected chi connectivity index (χ3v) is 3.21. The number of hydrogen-bond donors (Lipinski definition) is 0. The van der Waals surface area contributed by atoms with Crippen molar-refractivity contribution in [2.24, 2.45) is 0 Å². The van der Waals surface area contributed by atoms with Crippen molar-refractivity contribution in [2.75, 3.05) is 20.3 Å². The topological polar surface area (TPSA) is 44.8 Å². The van der Waals surface area contributed by atoms with E-state index >= 15 is 0 Å². The lowest BCUT2D eigenvalue weighted by atomic mass is 10.2. The molecule has 5 heteroatoms. The number of methoxy groups -OCH3 is 1. The summed E-state index contributed by atoms with van der Waals surface area (Å²) in [7, 11) is 1.62. The fourth-order valence-electron chi connectivity index (χ4n) is 1.72. The smallest absolute Gasteiger partial charge is 0.305 e. The maximum atomic E-state index is 11.1. The molecular formula is C15H21BrO4. The lowest BCUT2D eigenvalue weighted by Gasteiger charge is -2.10. The Morgan fingerprint density at radius 3 is 2.70 bits per heavy atom. The number of benzene rings is 1. The second-order valence-electron chi connectivity index (χ2n) is 4.26. The van der Waals surface area contributed by atoms with Gasteiger partial charge in [0.15, 0.2) is 11.5 Å². The second kappa shape index (κ2) is 9.64. The van der Waals surface area contributed by atoms with Crippen LogP contribution in [0, 0.1) is 0 Å². The second-order valence-corrected chi connectivity index (χ2v) is 5.17. The first-order chi connectivity index (χ1) is 9.67. The van der Waals surface area contributed by atoms with E-state index in [1.807, 2.05) is 25.1 Å². The molecule has 0 bridgehead atoms. The third kappa shape index (κ3) is 6.28. The number of esters is 1. The van der Waals surface area contributed by atoms with Crippen LogP contribution in [0.1, 0.15) is 32.6 Å². The van der Waals surface area contributed by atoms with Gasteiger partial charge in [-0.25, -0.2) is 0 Å². The molecule has 0 heterocycles. The highest BCUT2D eigenvalue weighted by Gasteiger charge is 2.05. The van der Waals surface area contributed by atoms with Crippen LogP contribution >= 0.6 is 15.9 Å². The monoisotopic (exact) mass is 344 g/mol. The molecule has 0 saturated heterocycles. The Balaban J connectivity index is 2.20. The van der Waals surface area contributed by atoms with Gasteiger partial charge in [-0.1, -0.05) is 15.9 Å². The first-order valence-electron chi connectivity index (χ1n) is 6.79. The van der Waals surface area contributed by atoms with Gasteiger partial charge in [-0.2, -0.15) is 0 Å². The Hall–Kier alpha value is -1.23. The molecule has 1 aromatic carbocycles. The van der Waals surface area contributed by atoms with Gasteiger partial charge in [-0.05, 0) is 44.4 Å². The largest absolute Gasteiger partial charge is 0.493 e. The van der Waals surface area contributed by atoms with E-state index in [-0.39, 0.29) is 5.97 Å². The molecule has 0 atom stereocenters. The van der Waals surface area contributed by atoms with Crippen LogP contribution in [0.15, 0.2) is 22.7 Å². The molecule has 0 aliphatic heterocycles. The average Bonchev–Trinajstić information content (AvgIpc) is 2.44. The zero-order chi connectivity index (χ0) is 14.8. The van der Waals surface area contributed by atoms with Crippen LogP contribution in [0.5, 0.6) is 11.5 Å². The summed E-state index contributed by atoms with van der Waals surface area (Å²) in [6.07, 6.45) is 3.16. The average molecular weight is 345 g/mol. The van der Waals surface area contributed by atoms with Gasteiger partial charge in [-0.15, -0.1) is 0 Å². The Labute approximate surface area is 128 Å². The number of hydrogen-bond acceptors (Lipinski definition) is 4. The van der Waals surface area contributed by atoms with E-state index in [0.717, 1.165) is 29.5 Å². The van der Waals surface area contributed by atoms with Crippen LogP contribution in [0.2, 0.25) is 0 Å². The normalized spacial score (nSPS) is 10.2. The lowest BCUT2D eigenvalue weighted by Crippen LogP contribution is -2.04. The summed E-state index contributed by atoms with van der Waals surface area (Å²) in [5, 5.41) is 0. The van der Waals surface area contributed by atoms with Crippen LogP contribution in [0.3, 0.4) is 0 Å². The molecular weight excluding hydrogens is 324 g/mol. The molecule has 0 N–H and O–H groups in total. The standard InChI is InChI=1S/C15H21BrO4/c1-3-19-15(17)7-5-4-6-10-20-13-9-8-12(16)11-14(13)18-2/h8-9,11H,3-7,10H2,1-2H3. The van der Waals surface area contributed by atoms with E-state index in [2.05, 4.69) is 15.9 Å². The molecule has 4 nitrogen and oxygen atoms in total. The number of rotatable bonds is 9. The Bertz CT molecular complexity index is 420. The van der Waals surface area contributed by atoms with Crippen molar-refractivity contribution >= 4 is 21.9 Å². The minimum atomic E-state index is -0.122. The summed E-state index contributed by atoms with van der Waals surface area (Å²) < 4.78 is 16.7. The molecule has 0 aliphatic rings.